The van der Waals surface area contributed by atoms with Gasteiger partial charge in [0.25, 0.3) is 5.91 Å². The van der Waals surface area contributed by atoms with Gasteiger partial charge in [0.1, 0.15) is 17.5 Å². The third kappa shape index (κ3) is 3.58. The van der Waals surface area contributed by atoms with Crippen LogP contribution in [0.15, 0.2) is 48.0 Å². The smallest absolute Gasteiger partial charge is 0.266 e. The SMILES string of the molecule is Cc1cccc(NC(=O)/C(C#N)=C/c2cccc(F)c2)c1C. The highest BCUT2D eigenvalue weighted by Crippen LogP contribution is 2.19. The van der Waals surface area contributed by atoms with Gasteiger partial charge in [-0.15, -0.1) is 0 Å². The third-order valence-electron chi connectivity index (χ3n) is 3.38. The maximum atomic E-state index is 13.2. The summed E-state index contributed by atoms with van der Waals surface area (Å²) in [5.74, 6) is -0.929. The monoisotopic (exact) mass is 294 g/mol. The number of carbonyl (C=O) groups excluding carboxylic acids is 1. The van der Waals surface area contributed by atoms with Gasteiger partial charge in [-0.1, -0.05) is 24.3 Å². The quantitative estimate of drug-likeness (QED) is 0.687. The Labute approximate surface area is 128 Å². The Morgan fingerprint density at radius 3 is 2.64 bits per heavy atom. The molecule has 0 aliphatic rings. The standard InChI is InChI=1S/C18H15FN2O/c1-12-5-3-8-17(13(12)2)21-18(22)15(11-20)9-14-6-4-7-16(19)10-14/h3-10H,1-2H3,(H,21,22)/b15-9+. The van der Waals surface area contributed by atoms with Crippen molar-refractivity contribution in [2.75, 3.05) is 5.32 Å². The van der Waals surface area contributed by atoms with E-state index < -0.39 is 11.7 Å². The molecule has 110 valence electrons. The summed E-state index contributed by atoms with van der Waals surface area (Å²) in [7, 11) is 0. The Bertz CT molecular complexity index is 788. The van der Waals surface area contributed by atoms with Gasteiger partial charge in [-0.25, -0.2) is 4.39 Å². The number of amides is 1. The van der Waals surface area contributed by atoms with Crippen molar-refractivity contribution in [1.29, 1.82) is 5.26 Å². The zero-order chi connectivity index (χ0) is 16.1. The third-order valence-corrected chi connectivity index (χ3v) is 3.38. The number of hydrogen-bond donors (Lipinski definition) is 1. The van der Waals surface area contributed by atoms with Crippen LogP contribution in [0.4, 0.5) is 10.1 Å². The molecule has 0 bridgehead atoms. The fourth-order valence-electron chi connectivity index (χ4n) is 1.99. The van der Waals surface area contributed by atoms with Crippen molar-refractivity contribution in [2.24, 2.45) is 0 Å². The van der Waals surface area contributed by atoms with E-state index in [1.165, 1.54) is 24.3 Å². The second kappa shape index (κ2) is 6.68. The molecule has 1 N–H and O–H groups in total. The topological polar surface area (TPSA) is 52.9 Å². The predicted molar refractivity (Wildman–Crippen MR) is 84.5 cm³/mol. The second-order valence-electron chi connectivity index (χ2n) is 4.93. The molecular weight excluding hydrogens is 279 g/mol. The number of hydrogen-bond acceptors (Lipinski definition) is 2. The maximum absolute atomic E-state index is 13.2. The molecule has 2 aromatic rings. The van der Waals surface area contributed by atoms with Gasteiger partial charge in [0.2, 0.25) is 0 Å². The van der Waals surface area contributed by atoms with E-state index in [1.807, 2.05) is 32.0 Å². The fourth-order valence-corrected chi connectivity index (χ4v) is 1.99. The average molecular weight is 294 g/mol. The van der Waals surface area contributed by atoms with E-state index in [9.17, 15) is 9.18 Å². The summed E-state index contributed by atoms with van der Waals surface area (Å²) < 4.78 is 13.2. The van der Waals surface area contributed by atoms with E-state index >= 15 is 0 Å². The molecule has 0 aliphatic heterocycles. The van der Waals surface area contributed by atoms with Crippen LogP contribution in [0.3, 0.4) is 0 Å². The lowest BCUT2D eigenvalue weighted by Crippen LogP contribution is -2.14. The number of aryl methyl sites for hydroxylation is 1. The summed E-state index contributed by atoms with van der Waals surface area (Å²) in [6.07, 6.45) is 1.36. The van der Waals surface area contributed by atoms with Crippen LogP contribution >= 0.6 is 0 Å². The lowest BCUT2D eigenvalue weighted by Gasteiger charge is -2.09. The normalized spacial score (nSPS) is 10.9. The van der Waals surface area contributed by atoms with Gasteiger partial charge < -0.3 is 5.32 Å². The molecule has 1 amide bonds. The minimum atomic E-state index is -0.513. The summed E-state index contributed by atoms with van der Waals surface area (Å²) in [4.78, 5) is 12.2. The molecule has 0 aliphatic carbocycles. The zero-order valence-corrected chi connectivity index (χ0v) is 12.4. The summed E-state index contributed by atoms with van der Waals surface area (Å²) in [6.45, 7) is 3.84. The molecule has 3 nitrogen and oxygen atoms in total. The van der Waals surface area contributed by atoms with Gasteiger partial charge in [0, 0.05) is 5.69 Å². The Kier molecular flexibility index (Phi) is 4.70. The first-order valence-electron chi connectivity index (χ1n) is 6.76. The molecule has 2 aromatic carbocycles. The summed E-state index contributed by atoms with van der Waals surface area (Å²) in [5, 5.41) is 11.9. The van der Waals surface area contributed by atoms with Gasteiger partial charge in [0.15, 0.2) is 0 Å². The van der Waals surface area contributed by atoms with Crippen LogP contribution in [-0.4, -0.2) is 5.91 Å². The van der Waals surface area contributed by atoms with Crippen molar-refractivity contribution in [3.63, 3.8) is 0 Å². The lowest BCUT2D eigenvalue weighted by atomic mass is 10.1. The number of carbonyl (C=O) groups is 1. The molecular formula is C18H15FN2O. The van der Waals surface area contributed by atoms with Crippen LogP contribution in [0.2, 0.25) is 0 Å². The maximum Gasteiger partial charge on any atom is 0.266 e. The van der Waals surface area contributed by atoms with Crippen molar-refractivity contribution in [3.8, 4) is 6.07 Å². The summed E-state index contributed by atoms with van der Waals surface area (Å²) in [6, 6.07) is 13.1. The van der Waals surface area contributed by atoms with Gasteiger partial charge >= 0.3 is 0 Å². The first-order chi connectivity index (χ1) is 10.5. The van der Waals surface area contributed by atoms with Crippen molar-refractivity contribution >= 4 is 17.7 Å². The predicted octanol–water partition coefficient (Wildman–Crippen LogP) is 3.99. The fraction of sp³-hybridized carbons (Fsp3) is 0.111. The van der Waals surface area contributed by atoms with Crippen LogP contribution in [-0.2, 0) is 4.79 Å². The van der Waals surface area contributed by atoms with Crippen LogP contribution in [0.25, 0.3) is 6.08 Å². The van der Waals surface area contributed by atoms with E-state index in [-0.39, 0.29) is 5.57 Å². The molecule has 0 atom stereocenters. The molecule has 0 unspecified atom stereocenters. The minimum absolute atomic E-state index is 0.0773. The van der Waals surface area contributed by atoms with Crippen LogP contribution in [0.5, 0.6) is 0 Å². The van der Waals surface area contributed by atoms with E-state index in [1.54, 1.807) is 12.1 Å². The molecule has 2 rings (SSSR count). The molecule has 0 heterocycles. The van der Waals surface area contributed by atoms with E-state index in [4.69, 9.17) is 5.26 Å². The Hall–Kier alpha value is -2.93. The van der Waals surface area contributed by atoms with Crippen LogP contribution < -0.4 is 5.32 Å². The number of nitrogens with zero attached hydrogens (tertiary/aromatic N) is 1. The Balaban J connectivity index is 2.26. The van der Waals surface area contributed by atoms with Gasteiger partial charge in [-0.2, -0.15) is 5.26 Å². The molecule has 0 aromatic heterocycles. The first-order valence-corrected chi connectivity index (χ1v) is 6.76. The van der Waals surface area contributed by atoms with E-state index in [2.05, 4.69) is 5.32 Å². The molecule has 0 saturated heterocycles. The molecule has 0 spiro atoms. The number of rotatable bonds is 3. The van der Waals surface area contributed by atoms with Crippen molar-refractivity contribution in [1.82, 2.24) is 0 Å². The zero-order valence-electron chi connectivity index (χ0n) is 12.4. The largest absolute Gasteiger partial charge is 0.321 e. The second-order valence-corrected chi connectivity index (χ2v) is 4.93. The highest BCUT2D eigenvalue weighted by atomic mass is 19.1. The first kappa shape index (κ1) is 15.5. The average Bonchev–Trinajstić information content (AvgIpc) is 2.49. The number of nitrogens with one attached hydrogen (secondary N) is 1. The Morgan fingerprint density at radius 2 is 1.95 bits per heavy atom. The molecule has 0 radical (unpaired) electrons. The van der Waals surface area contributed by atoms with E-state index in [0.717, 1.165) is 11.1 Å². The van der Waals surface area contributed by atoms with Crippen molar-refractivity contribution < 1.29 is 9.18 Å². The molecule has 4 heteroatoms. The summed E-state index contributed by atoms with van der Waals surface area (Å²) in [5.41, 5.74) is 3.04. The minimum Gasteiger partial charge on any atom is -0.321 e. The lowest BCUT2D eigenvalue weighted by molar-refractivity contribution is -0.112. The summed E-state index contributed by atoms with van der Waals surface area (Å²) >= 11 is 0. The highest BCUT2D eigenvalue weighted by molar-refractivity contribution is 6.10. The molecule has 0 saturated carbocycles. The van der Waals surface area contributed by atoms with Gasteiger partial charge in [0.05, 0.1) is 0 Å². The number of halogens is 1. The molecule has 22 heavy (non-hydrogen) atoms. The molecule has 0 fully saturated rings. The van der Waals surface area contributed by atoms with Crippen molar-refractivity contribution in [3.05, 3.63) is 70.5 Å². The van der Waals surface area contributed by atoms with E-state index in [0.29, 0.717) is 11.3 Å². The van der Waals surface area contributed by atoms with Gasteiger partial charge in [-0.05, 0) is 54.8 Å². The van der Waals surface area contributed by atoms with Crippen LogP contribution in [0, 0.1) is 31.0 Å². The van der Waals surface area contributed by atoms with Crippen molar-refractivity contribution in [2.45, 2.75) is 13.8 Å². The Morgan fingerprint density at radius 1 is 1.23 bits per heavy atom. The van der Waals surface area contributed by atoms with Crippen LogP contribution in [0.1, 0.15) is 16.7 Å². The number of anilines is 1. The number of nitriles is 1. The van der Waals surface area contributed by atoms with Gasteiger partial charge in [-0.3, -0.25) is 4.79 Å². The number of benzene rings is 2. The highest BCUT2D eigenvalue weighted by Gasteiger charge is 2.11.